The fourth-order valence-corrected chi connectivity index (χ4v) is 2.70. The van der Waals surface area contributed by atoms with E-state index in [1.54, 1.807) is 0 Å². The van der Waals surface area contributed by atoms with E-state index < -0.39 is 0 Å². The standard InChI is InChI=1S/C11H16N2S/c12-9-10-3-1-2-4-11(10)13-5-7-14-8-6-13/h1-4H,5-9,12H2. The number of hydrogen-bond acceptors (Lipinski definition) is 3. The molecule has 1 aromatic rings. The van der Waals surface area contributed by atoms with Crippen LogP contribution in [0.25, 0.3) is 0 Å². The highest BCUT2D eigenvalue weighted by atomic mass is 32.2. The van der Waals surface area contributed by atoms with Gasteiger partial charge in [0, 0.05) is 36.8 Å². The van der Waals surface area contributed by atoms with Gasteiger partial charge in [0.05, 0.1) is 0 Å². The lowest BCUT2D eigenvalue weighted by Gasteiger charge is -2.30. The molecule has 0 aliphatic carbocycles. The lowest BCUT2D eigenvalue weighted by Crippen LogP contribution is -2.33. The van der Waals surface area contributed by atoms with Gasteiger partial charge in [-0.2, -0.15) is 11.8 Å². The first kappa shape index (κ1) is 9.87. The molecule has 14 heavy (non-hydrogen) atoms. The van der Waals surface area contributed by atoms with Gasteiger partial charge in [0.15, 0.2) is 0 Å². The summed E-state index contributed by atoms with van der Waals surface area (Å²) in [6.45, 7) is 2.95. The Morgan fingerprint density at radius 1 is 1.21 bits per heavy atom. The Hall–Kier alpha value is -0.670. The molecule has 1 heterocycles. The van der Waals surface area contributed by atoms with Crippen LogP contribution in [0.15, 0.2) is 24.3 Å². The van der Waals surface area contributed by atoms with Crippen molar-refractivity contribution >= 4 is 17.4 Å². The molecule has 0 amide bonds. The summed E-state index contributed by atoms with van der Waals surface area (Å²) in [5.74, 6) is 2.47. The van der Waals surface area contributed by atoms with E-state index in [0.717, 1.165) is 13.1 Å². The van der Waals surface area contributed by atoms with Gasteiger partial charge in [-0.15, -0.1) is 0 Å². The molecule has 76 valence electrons. The second kappa shape index (κ2) is 4.71. The average molecular weight is 208 g/mol. The van der Waals surface area contributed by atoms with Gasteiger partial charge in [0.2, 0.25) is 0 Å². The molecule has 0 atom stereocenters. The third-order valence-corrected chi connectivity index (χ3v) is 3.51. The summed E-state index contributed by atoms with van der Waals surface area (Å²) in [6.07, 6.45) is 0. The van der Waals surface area contributed by atoms with Crippen molar-refractivity contribution < 1.29 is 0 Å². The van der Waals surface area contributed by atoms with Crippen LogP contribution in [0.3, 0.4) is 0 Å². The Morgan fingerprint density at radius 3 is 2.64 bits per heavy atom. The number of nitrogens with zero attached hydrogens (tertiary/aromatic N) is 1. The molecule has 2 N–H and O–H groups in total. The highest BCUT2D eigenvalue weighted by Crippen LogP contribution is 2.23. The number of anilines is 1. The largest absolute Gasteiger partial charge is 0.370 e. The van der Waals surface area contributed by atoms with Crippen molar-refractivity contribution in [3.8, 4) is 0 Å². The maximum atomic E-state index is 5.73. The number of nitrogens with two attached hydrogens (primary N) is 1. The Kier molecular flexibility index (Phi) is 3.32. The summed E-state index contributed by atoms with van der Waals surface area (Å²) in [6, 6.07) is 8.45. The third-order valence-electron chi connectivity index (χ3n) is 2.56. The minimum Gasteiger partial charge on any atom is -0.370 e. The van der Waals surface area contributed by atoms with Crippen LogP contribution in [0.5, 0.6) is 0 Å². The summed E-state index contributed by atoms with van der Waals surface area (Å²) in [5, 5.41) is 0. The van der Waals surface area contributed by atoms with Gasteiger partial charge in [-0.3, -0.25) is 0 Å². The lowest BCUT2D eigenvalue weighted by molar-refractivity contribution is 0.847. The summed E-state index contributed by atoms with van der Waals surface area (Å²) >= 11 is 2.03. The zero-order valence-electron chi connectivity index (χ0n) is 8.28. The Bertz CT molecular complexity index is 295. The summed E-state index contributed by atoms with van der Waals surface area (Å²) in [5.41, 5.74) is 8.32. The molecule has 0 aromatic heterocycles. The van der Waals surface area contributed by atoms with E-state index in [4.69, 9.17) is 5.73 Å². The minimum absolute atomic E-state index is 0.639. The van der Waals surface area contributed by atoms with Crippen LogP contribution in [0.1, 0.15) is 5.56 Å². The van der Waals surface area contributed by atoms with E-state index in [1.165, 1.54) is 22.8 Å². The third kappa shape index (κ3) is 2.04. The highest BCUT2D eigenvalue weighted by Gasteiger charge is 2.12. The quantitative estimate of drug-likeness (QED) is 0.802. The van der Waals surface area contributed by atoms with Gasteiger partial charge in [-0.25, -0.2) is 0 Å². The predicted molar refractivity (Wildman–Crippen MR) is 63.9 cm³/mol. The molecule has 0 unspecified atom stereocenters. The Labute approximate surface area is 89.5 Å². The first-order chi connectivity index (χ1) is 6.92. The number of benzene rings is 1. The van der Waals surface area contributed by atoms with Gasteiger partial charge >= 0.3 is 0 Å². The average Bonchev–Trinajstić information content (AvgIpc) is 2.30. The van der Waals surface area contributed by atoms with Gasteiger partial charge in [0.1, 0.15) is 0 Å². The molecule has 1 saturated heterocycles. The van der Waals surface area contributed by atoms with E-state index in [2.05, 4.69) is 29.2 Å². The number of thioether (sulfide) groups is 1. The molecule has 2 rings (SSSR count). The van der Waals surface area contributed by atoms with Gasteiger partial charge in [-0.05, 0) is 11.6 Å². The van der Waals surface area contributed by atoms with Crippen LogP contribution < -0.4 is 10.6 Å². The zero-order valence-corrected chi connectivity index (χ0v) is 9.09. The van der Waals surface area contributed by atoms with Crippen LogP contribution in [0, 0.1) is 0 Å². The van der Waals surface area contributed by atoms with E-state index in [-0.39, 0.29) is 0 Å². The fourth-order valence-electron chi connectivity index (χ4n) is 1.80. The molecule has 0 radical (unpaired) electrons. The van der Waals surface area contributed by atoms with Crippen LogP contribution in [-0.2, 0) is 6.54 Å². The van der Waals surface area contributed by atoms with E-state index in [1.807, 2.05) is 11.8 Å². The van der Waals surface area contributed by atoms with Gasteiger partial charge in [-0.1, -0.05) is 18.2 Å². The molecule has 1 aliphatic heterocycles. The van der Waals surface area contributed by atoms with Crippen molar-refractivity contribution in [3.63, 3.8) is 0 Å². The first-order valence-corrected chi connectivity index (χ1v) is 6.18. The van der Waals surface area contributed by atoms with Crippen molar-refractivity contribution in [2.24, 2.45) is 5.73 Å². The highest BCUT2D eigenvalue weighted by molar-refractivity contribution is 7.99. The van der Waals surface area contributed by atoms with Crippen molar-refractivity contribution in [2.45, 2.75) is 6.54 Å². The maximum absolute atomic E-state index is 5.73. The molecule has 1 aromatic carbocycles. The van der Waals surface area contributed by atoms with Gasteiger partial charge < -0.3 is 10.6 Å². The summed E-state index contributed by atoms with van der Waals surface area (Å²) in [4.78, 5) is 2.44. The topological polar surface area (TPSA) is 29.3 Å². The second-order valence-electron chi connectivity index (χ2n) is 3.43. The first-order valence-electron chi connectivity index (χ1n) is 5.02. The summed E-state index contributed by atoms with van der Waals surface area (Å²) < 4.78 is 0. The van der Waals surface area contributed by atoms with Crippen LogP contribution in [0.4, 0.5) is 5.69 Å². The monoisotopic (exact) mass is 208 g/mol. The van der Waals surface area contributed by atoms with Gasteiger partial charge in [0.25, 0.3) is 0 Å². The van der Waals surface area contributed by atoms with Crippen LogP contribution in [0.2, 0.25) is 0 Å². The Balaban J connectivity index is 2.20. The smallest absolute Gasteiger partial charge is 0.0412 e. The van der Waals surface area contributed by atoms with Crippen LogP contribution >= 0.6 is 11.8 Å². The minimum atomic E-state index is 0.639. The Morgan fingerprint density at radius 2 is 1.93 bits per heavy atom. The van der Waals surface area contributed by atoms with Crippen molar-refractivity contribution in [3.05, 3.63) is 29.8 Å². The molecule has 1 fully saturated rings. The molecular weight excluding hydrogens is 192 g/mol. The molecule has 3 heteroatoms. The molecule has 0 bridgehead atoms. The second-order valence-corrected chi connectivity index (χ2v) is 4.66. The number of rotatable bonds is 2. The molecule has 0 spiro atoms. The van der Waals surface area contributed by atoms with Crippen molar-refractivity contribution in [1.82, 2.24) is 0 Å². The molecule has 1 aliphatic rings. The normalized spacial score (nSPS) is 17.1. The zero-order chi connectivity index (χ0) is 9.80. The molecule has 2 nitrogen and oxygen atoms in total. The van der Waals surface area contributed by atoms with Crippen LogP contribution in [-0.4, -0.2) is 24.6 Å². The number of para-hydroxylation sites is 1. The van der Waals surface area contributed by atoms with E-state index in [0.29, 0.717) is 6.54 Å². The van der Waals surface area contributed by atoms with Crippen molar-refractivity contribution in [2.75, 3.05) is 29.5 Å². The number of hydrogen-bond donors (Lipinski definition) is 1. The van der Waals surface area contributed by atoms with E-state index in [9.17, 15) is 0 Å². The van der Waals surface area contributed by atoms with Crippen molar-refractivity contribution in [1.29, 1.82) is 0 Å². The molecule has 0 saturated carbocycles. The van der Waals surface area contributed by atoms with E-state index >= 15 is 0 Å². The summed E-state index contributed by atoms with van der Waals surface area (Å²) in [7, 11) is 0. The molecular formula is C11H16N2S. The predicted octanol–water partition coefficient (Wildman–Crippen LogP) is 1.70. The fraction of sp³-hybridized carbons (Fsp3) is 0.455. The SMILES string of the molecule is NCc1ccccc1N1CCSCC1. The lowest BCUT2D eigenvalue weighted by atomic mass is 10.1. The maximum Gasteiger partial charge on any atom is 0.0412 e.